The minimum absolute atomic E-state index is 0.0165. The highest BCUT2D eigenvalue weighted by atomic mass is 19.1. The predicted octanol–water partition coefficient (Wildman–Crippen LogP) is -0.119. The fraction of sp³-hybridized carbons (Fsp3) is 0.364. The molecule has 0 aromatic carbocycles. The Kier molecular flexibility index (Phi) is 3.24. The van der Waals surface area contributed by atoms with Crippen molar-refractivity contribution >= 4 is 11.9 Å². The van der Waals surface area contributed by atoms with Gasteiger partial charge in [0.1, 0.15) is 6.04 Å². The molecule has 0 saturated carbocycles. The maximum absolute atomic E-state index is 12.9. The molecular weight excluding hydrogens is 243 g/mol. The molecule has 0 aliphatic carbocycles. The van der Waals surface area contributed by atoms with Crippen LogP contribution in [0, 0.1) is 5.95 Å². The Morgan fingerprint density at radius 1 is 1.50 bits per heavy atom. The van der Waals surface area contributed by atoms with E-state index in [1.165, 1.54) is 6.07 Å². The molecule has 1 saturated heterocycles. The van der Waals surface area contributed by atoms with Crippen molar-refractivity contribution in [1.82, 2.24) is 9.88 Å². The SMILES string of the molecule is O=C(O)[C@@H]1C[C@H](O)CN1C(=O)c1ccnc(F)c1. The number of pyridine rings is 1. The summed E-state index contributed by atoms with van der Waals surface area (Å²) in [5, 5.41) is 18.4. The summed E-state index contributed by atoms with van der Waals surface area (Å²) < 4.78 is 12.9. The van der Waals surface area contributed by atoms with Crippen LogP contribution < -0.4 is 0 Å². The molecule has 6 nitrogen and oxygen atoms in total. The maximum Gasteiger partial charge on any atom is 0.326 e. The van der Waals surface area contributed by atoms with E-state index in [1.807, 2.05) is 0 Å². The summed E-state index contributed by atoms with van der Waals surface area (Å²) in [5.41, 5.74) is 0.0165. The van der Waals surface area contributed by atoms with Crippen LogP contribution in [0.2, 0.25) is 0 Å². The monoisotopic (exact) mass is 254 g/mol. The fourth-order valence-corrected chi connectivity index (χ4v) is 1.97. The van der Waals surface area contributed by atoms with Crippen LogP contribution in [0.1, 0.15) is 16.8 Å². The molecule has 1 aliphatic heterocycles. The topological polar surface area (TPSA) is 90.7 Å². The van der Waals surface area contributed by atoms with E-state index in [2.05, 4.69) is 4.98 Å². The number of carboxylic acids is 1. The van der Waals surface area contributed by atoms with Crippen molar-refractivity contribution in [3.8, 4) is 0 Å². The fourth-order valence-electron chi connectivity index (χ4n) is 1.97. The van der Waals surface area contributed by atoms with E-state index in [0.717, 1.165) is 17.2 Å². The van der Waals surface area contributed by atoms with Crippen LogP contribution in [0.3, 0.4) is 0 Å². The third kappa shape index (κ3) is 2.30. The standard InChI is InChI=1S/C11H11FN2O4/c12-9-3-6(1-2-13-9)10(16)14-5-7(15)4-8(14)11(17)18/h1-3,7-8,15H,4-5H2,(H,17,18)/t7-,8-/m0/s1. The number of β-amino-alcohol motifs (C(OH)–C–C–N with tert-alkyl or cyclic N) is 1. The number of carboxylic acid groups (broad SMARTS) is 1. The average molecular weight is 254 g/mol. The van der Waals surface area contributed by atoms with E-state index >= 15 is 0 Å². The number of likely N-dealkylation sites (tertiary alicyclic amines) is 1. The van der Waals surface area contributed by atoms with Crippen LogP contribution >= 0.6 is 0 Å². The van der Waals surface area contributed by atoms with Crippen molar-refractivity contribution in [2.24, 2.45) is 0 Å². The van der Waals surface area contributed by atoms with Crippen molar-refractivity contribution in [3.05, 3.63) is 29.8 Å². The first kappa shape index (κ1) is 12.4. The molecule has 0 spiro atoms. The quantitative estimate of drug-likeness (QED) is 0.718. The molecule has 0 radical (unpaired) electrons. The molecular formula is C11H11FN2O4. The second-order valence-electron chi connectivity index (χ2n) is 4.07. The van der Waals surface area contributed by atoms with Crippen molar-refractivity contribution in [2.75, 3.05) is 6.54 Å². The average Bonchev–Trinajstić information content (AvgIpc) is 2.70. The van der Waals surface area contributed by atoms with E-state index in [1.54, 1.807) is 0 Å². The number of amides is 1. The molecule has 18 heavy (non-hydrogen) atoms. The second kappa shape index (κ2) is 4.69. The molecule has 1 aromatic heterocycles. The van der Waals surface area contributed by atoms with Crippen molar-refractivity contribution in [2.45, 2.75) is 18.6 Å². The zero-order valence-corrected chi connectivity index (χ0v) is 9.28. The first-order valence-corrected chi connectivity index (χ1v) is 5.32. The molecule has 1 aromatic rings. The summed E-state index contributed by atoms with van der Waals surface area (Å²) in [4.78, 5) is 27.3. The van der Waals surface area contributed by atoms with E-state index in [0.29, 0.717) is 0 Å². The van der Waals surface area contributed by atoms with Gasteiger partial charge in [-0.3, -0.25) is 4.79 Å². The summed E-state index contributed by atoms with van der Waals surface area (Å²) in [6.45, 7) is -0.0697. The lowest BCUT2D eigenvalue weighted by molar-refractivity contribution is -0.141. The molecule has 1 amide bonds. The van der Waals surface area contributed by atoms with Crippen molar-refractivity contribution < 1.29 is 24.2 Å². The van der Waals surface area contributed by atoms with Gasteiger partial charge < -0.3 is 15.1 Å². The van der Waals surface area contributed by atoms with Gasteiger partial charge >= 0.3 is 5.97 Å². The van der Waals surface area contributed by atoms with E-state index in [9.17, 15) is 19.1 Å². The van der Waals surface area contributed by atoms with E-state index < -0.39 is 30.0 Å². The Labute approximate surface area is 102 Å². The van der Waals surface area contributed by atoms with Crippen LogP contribution in [0.4, 0.5) is 4.39 Å². The Bertz CT molecular complexity index is 494. The van der Waals surface area contributed by atoms with Gasteiger partial charge in [-0.2, -0.15) is 4.39 Å². The van der Waals surface area contributed by atoms with Gasteiger partial charge in [-0.15, -0.1) is 0 Å². The summed E-state index contributed by atoms with van der Waals surface area (Å²) in [5.74, 6) is -2.62. The summed E-state index contributed by atoms with van der Waals surface area (Å²) >= 11 is 0. The van der Waals surface area contributed by atoms with Crippen LogP contribution in [0.15, 0.2) is 18.3 Å². The molecule has 96 valence electrons. The highest BCUT2D eigenvalue weighted by molar-refractivity contribution is 5.96. The number of rotatable bonds is 2. The maximum atomic E-state index is 12.9. The highest BCUT2D eigenvalue weighted by Crippen LogP contribution is 2.20. The van der Waals surface area contributed by atoms with Crippen molar-refractivity contribution in [1.29, 1.82) is 0 Å². The summed E-state index contributed by atoms with van der Waals surface area (Å²) in [6.07, 6.45) is 0.237. The Morgan fingerprint density at radius 3 is 2.83 bits per heavy atom. The van der Waals surface area contributed by atoms with Gasteiger partial charge in [0.05, 0.1) is 6.10 Å². The molecule has 7 heteroatoms. The molecule has 2 atom stereocenters. The molecule has 0 bridgehead atoms. The lowest BCUT2D eigenvalue weighted by Gasteiger charge is -2.20. The van der Waals surface area contributed by atoms with Gasteiger partial charge in [-0.25, -0.2) is 9.78 Å². The zero-order valence-electron chi connectivity index (χ0n) is 9.28. The van der Waals surface area contributed by atoms with Gasteiger partial charge in [0, 0.05) is 30.8 Å². The molecule has 2 N–H and O–H groups in total. The number of aliphatic hydroxyl groups is 1. The van der Waals surface area contributed by atoms with Crippen LogP contribution in [-0.2, 0) is 4.79 Å². The third-order valence-corrected chi connectivity index (χ3v) is 2.80. The molecule has 2 rings (SSSR count). The summed E-state index contributed by atoms with van der Waals surface area (Å²) in [6, 6.07) is 1.16. The predicted molar refractivity (Wildman–Crippen MR) is 57.3 cm³/mol. The van der Waals surface area contributed by atoms with Crippen LogP contribution in [-0.4, -0.2) is 50.7 Å². The number of nitrogens with zero attached hydrogens (tertiary/aromatic N) is 2. The van der Waals surface area contributed by atoms with Gasteiger partial charge in [-0.1, -0.05) is 0 Å². The number of aliphatic carboxylic acids is 1. The largest absolute Gasteiger partial charge is 0.480 e. The highest BCUT2D eigenvalue weighted by Gasteiger charge is 2.39. The molecule has 2 heterocycles. The lowest BCUT2D eigenvalue weighted by atomic mass is 10.2. The Hall–Kier alpha value is -2.02. The minimum Gasteiger partial charge on any atom is -0.480 e. The zero-order chi connectivity index (χ0) is 13.3. The van der Waals surface area contributed by atoms with Gasteiger partial charge in [0.15, 0.2) is 0 Å². The Morgan fingerprint density at radius 2 is 2.22 bits per heavy atom. The van der Waals surface area contributed by atoms with E-state index in [-0.39, 0.29) is 18.5 Å². The summed E-state index contributed by atoms with van der Waals surface area (Å²) in [7, 11) is 0. The number of aromatic nitrogens is 1. The number of carbonyl (C=O) groups is 2. The Balaban J connectivity index is 2.25. The van der Waals surface area contributed by atoms with Gasteiger partial charge in [-0.05, 0) is 6.07 Å². The number of hydrogen-bond acceptors (Lipinski definition) is 4. The van der Waals surface area contributed by atoms with Gasteiger partial charge in [0.25, 0.3) is 5.91 Å². The van der Waals surface area contributed by atoms with Crippen molar-refractivity contribution in [3.63, 3.8) is 0 Å². The van der Waals surface area contributed by atoms with Gasteiger partial charge in [0.2, 0.25) is 5.95 Å². The van der Waals surface area contributed by atoms with Crippen LogP contribution in [0.25, 0.3) is 0 Å². The second-order valence-corrected chi connectivity index (χ2v) is 4.07. The molecule has 1 aliphatic rings. The third-order valence-electron chi connectivity index (χ3n) is 2.80. The van der Waals surface area contributed by atoms with Crippen LogP contribution in [0.5, 0.6) is 0 Å². The normalized spacial score (nSPS) is 23.1. The smallest absolute Gasteiger partial charge is 0.326 e. The first-order chi connectivity index (χ1) is 8.49. The number of carbonyl (C=O) groups excluding carboxylic acids is 1. The molecule has 1 fully saturated rings. The van der Waals surface area contributed by atoms with E-state index in [4.69, 9.17) is 5.11 Å². The number of hydrogen-bond donors (Lipinski definition) is 2. The first-order valence-electron chi connectivity index (χ1n) is 5.32. The number of halogens is 1. The lowest BCUT2D eigenvalue weighted by Crippen LogP contribution is -2.40. The minimum atomic E-state index is -1.19. The molecule has 0 unspecified atom stereocenters. The number of aliphatic hydroxyl groups excluding tert-OH is 1.